The zero-order valence-electron chi connectivity index (χ0n) is 11.8. The van der Waals surface area contributed by atoms with Gasteiger partial charge in [-0.05, 0) is 18.4 Å². The summed E-state index contributed by atoms with van der Waals surface area (Å²) in [5, 5.41) is 2.17. The van der Waals surface area contributed by atoms with Gasteiger partial charge in [-0.1, -0.05) is 36.4 Å². The Morgan fingerprint density at radius 1 is 1.20 bits per heavy atom. The van der Waals surface area contributed by atoms with Gasteiger partial charge in [-0.2, -0.15) is 0 Å². The Balaban J connectivity index is 2.05. The van der Waals surface area contributed by atoms with E-state index in [1.54, 1.807) is 6.92 Å². The number of hydrogen-bond donors (Lipinski definition) is 1. The van der Waals surface area contributed by atoms with Crippen LogP contribution in [-0.2, 0) is 9.53 Å². The van der Waals surface area contributed by atoms with Crippen LogP contribution in [0.3, 0.4) is 0 Å². The highest BCUT2D eigenvalue weighted by molar-refractivity contribution is 5.88. The first-order chi connectivity index (χ1) is 9.54. The zero-order chi connectivity index (χ0) is 14.6. The number of hydrogen-bond acceptors (Lipinski definition) is 4. The van der Waals surface area contributed by atoms with E-state index in [4.69, 9.17) is 10.5 Å². The standard InChI is InChI=1S/C16H19NO3/c1-16(17,15(18)19-2)10-11-20-14-9-5-7-12-6-3-4-8-13(12)14/h3-9H,10-11,17H2,1-2H3. The highest BCUT2D eigenvalue weighted by Crippen LogP contribution is 2.25. The van der Waals surface area contributed by atoms with Crippen molar-refractivity contribution in [1.29, 1.82) is 0 Å². The van der Waals surface area contributed by atoms with Crippen molar-refractivity contribution in [3.05, 3.63) is 42.5 Å². The molecule has 20 heavy (non-hydrogen) atoms. The Bertz CT molecular complexity index is 602. The number of nitrogens with two attached hydrogens (primary N) is 1. The second-order valence-electron chi connectivity index (χ2n) is 4.98. The first-order valence-corrected chi connectivity index (χ1v) is 6.52. The molecule has 2 rings (SSSR count). The molecule has 0 aliphatic rings. The molecule has 0 fully saturated rings. The molecule has 0 amide bonds. The van der Waals surface area contributed by atoms with Crippen LogP contribution in [0.15, 0.2) is 42.5 Å². The van der Waals surface area contributed by atoms with Crippen LogP contribution in [0.1, 0.15) is 13.3 Å². The summed E-state index contributed by atoms with van der Waals surface area (Å²) in [6.07, 6.45) is 0.392. The fourth-order valence-electron chi connectivity index (χ4n) is 2.03. The van der Waals surface area contributed by atoms with Crippen LogP contribution in [0.4, 0.5) is 0 Å². The molecule has 0 aromatic heterocycles. The summed E-state index contributed by atoms with van der Waals surface area (Å²) in [5.74, 6) is 0.364. The molecule has 106 valence electrons. The number of methoxy groups -OCH3 is 1. The molecule has 0 aliphatic heterocycles. The van der Waals surface area contributed by atoms with Crippen LogP contribution in [0.25, 0.3) is 10.8 Å². The van der Waals surface area contributed by atoms with E-state index in [0.29, 0.717) is 13.0 Å². The molecule has 0 heterocycles. The lowest BCUT2D eigenvalue weighted by molar-refractivity contribution is -0.146. The lowest BCUT2D eigenvalue weighted by Gasteiger charge is -2.21. The van der Waals surface area contributed by atoms with Gasteiger partial charge in [0.15, 0.2) is 0 Å². The van der Waals surface area contributed by atoms with Gasteiger partial charge in [-0.15, -0.1) is 0 Å². The Hall–Kier alpha value is -2.07. The number of carbonyl (C=O) groups is 1. The minimum atomic E-state index is -1.03. The number of benzene rings is 2. The highest BCUT2D eigenvalue weighted by Gasteiger charge is 2.29. The number of rotatable bonds is 5. The van der Waals surface area contributed by atoms with Crippen LogP contribution in [0.2, 0.25) is 0 Å². The van der Waals surface area contributed by atoms with Gasteiger partial charge in [0.25, 0.3) is 0 Å². The molecule has 0 radical (unpaired) electrons. The van der Waals surface area contributed by atoms with Crippen LogP contribution in [0.5, 0.6) is 5.75 Å². The van der Waals surface area contributed by atoms with Crippen molar-refractivity contribution in [3.63, 3.8) is 0 Å². The second kappa shape index (κ2) is 5.92. The monoisotopic (exact) mass is 273 g/mol. The van der Waals surface area contributed by atoms with E-state index in [-0.39, 0.29) is 0 Å². The largest absolute Gasteiger partial charge is 0.493 e. The lowest BCUT2D eigenvalue weighted by Crippen LogP contribution is -2.46. The maximum absolute atomic E-state index is 11.5. The highest BCUT2D eigenvalue weighted by atomic mass is 16.5. The third-order valence-corrected chi connectivity index (χ3v) is 3.28. The van der Waals surface area contributed by atoms with Crippen molar-refractivity contribution in [2.45, 2.75) is 18.9 Å². The molecule has 4 nitrogen and oxygen atoms in total. The molecule has 0 bridgehead atoms. The van der Waals surface area contributed by atoms with Gasteiger partial charge in [-0.25, -0.2) is 0 Å². The molecule has 0 saturated carbocycles. The van der Waals surface area contributed by atoms with Crippen LogP contribution in [-0.4, -0.2) is 25.2 Å². The van der Waals surface area contributed by atoms with E-state index < -0.39 is 11.5 Å². The first-order valence-electron chi connectivity index (χ1n) is 6.52. The van der Waals surface area contributed by atoms with Crippen molar-refractivity contribution in [2.24, 2.45) is 5.73 Å². The van der Waals surface area contributed by atoms with Crippen molar-refractivity contribution >= 4 is 16.7 Å². The fraction of sp³-hybridized carbons (Fsp3) is 0.312. The van der Waals surface area contributed by atoms with Crippen LogP contribution in [0, 0.1) is 0 Å². The summed E-state index contributed by atoms with van der Waals surface area (Å²) in [6, 6.07) is 13.9. The van der Waals surface area contributed by atoms with E-state index in [0.717, 1.165) is 16.5 Å². The van der Waals surface area contributed by atoms with Gasteiger partial charge in [0.2, 0.25) is 0 Å². The summed E-state index contributed by atoms with van der Waals surface area (Å²) in [6.45, 7) is 2.00. The molecule has 2 aromatic rings. The average molecular weight is 273 g/mol. The number of esters is 1. The van der Waals surface area contributed by atoms with Gasteiger partial charge in [0, 0.05) is 11.8 Å². The molecule has 0 saturated heterocycles. The van der Waals surface area contributed by atoms with E-state index in [2.05, 4.69) is 4.74 Å². The van der Waals surface area contributed by atoms with E-state index in [9.17, 15) is 4.79 Å². The number of fused-ring (bicyclic) bond motifs is 1. The molecule has 0 spiro atoms. The van der Waals surface area contributed by atoms with Crippen molar-refractivity contribution < 1.29 is 14.3 Å². The Morgan fingerprint density at radius 2 is 1.90 bits per heavy atom. The topological polar surface area (TPSA) is 61.5 Å². The minimum absolute atomic E-state index is 0.357. The maximum atomic E-state index is 11.5. The van der Waals surface area contributed by atoms with E-state index >= 15 is 0 Å². The summed E-state index contributed by atoms with van der Waals surface area (Å²) in [7, 11) is 1.33. The van der Waals surface area contributed by atoms with Crippen molar-refractivity contribution in [2.75, 3.05) is 13.7 Å². The van der Waals surface area contributed by atoms with Gasteiger partial charge < -0.3 is 15.2 Å². The van der Waals surface area contributed by atoms with Gasteiger partial charge in [0.1, 0.15) is 11.3 Å². The quantitative estimate of drug-likeness (QED) is 0.850. The maximum Gasteiger partial charge on any atom is 0.325 e. The number of ether oxygens (including phenoxy) is 2. The fourth-order valence-corrected chi connectivity index (χ4v) is 2.03. The normalized spacial score (nSPS) is 13.8. The third kappa shape index (κ3) is 3.08. The zero-order valence-corrected chi connectivity index (χ0v) is 11.8. The van der Waals surface area contributed by atoms with Crippen molar-refractivity contribution in [1.82, 2.24) is 0 Å². The molecule has 2 N–H and O–H groups in total. The molecular formula is C16H19NO3. The predicted octanol–water partition coefficient (Wildman–Crippen LogP) is 2.50. The molecule has 1 unspecified atom stereocenters. The van der Waals surface area contributed by atoms with Crippen molar-refractivity contribution in [3.8, 4) is 5.75 Å². The Labute approximate surface area is 118 Å². The Morgan fingerprint density at radius 3 is 2.65 bits per heavy atom. The van der Waals surface area contributed by atoms with E-state index in [1.165, 1.54) is 7.11 Å². The van der Waals surface area contributed by atoms with Crippen LogP contribution >= 0.6 is 0 Å². The van der Waals surface area contributed by atoms with Gasteiger partial charge >= 0.3 is 5.97 Å². The first kappa shape index (κ1) is 14.3. The third-order valence-electron chi connectivity index (χ3n) is 3.28. The number of carbonyl (C=O) groups excluding carboxylic acids is 1. The van der Waals surface area contributed by atoms with Gasteiger partial charge in [-0.3, -0.25) is 4.79 Å². The minimum Gasteiger partial charge on any atom is -0.493 e. The smallest absolute Gasteiger partial charge is 0.325 e. The Kier molecular flexibility index (Phi) is 4.25. The SMILES string of the molecule is COC(=O)C(C)(N)CCOc1cccc2ccccc12. The second-order valence-corrected chi connectivity index (χ2v) is 4.98. The summed E-state index contributed by atoms with van der Waals surface area (Å²) in [5.41, 5.74) is 4.86. The molecule has 1 atom stereocenters. The average Bonchev–Trinajstić information content (AvgIpc) is 2.46. The summed E-state index contributed by atoms with van der Waals surface area (Å²) >= 11 is 0. The molecule has 2 aromatic carbocycles. The summed E-state index contributed by atoms with van der Waals surface area (Å²) in [4.78, 5) is 11.5. The predicted molar refractivity (Wildman–Crippen MR) is 78.7 cm³/mol. The van der Waals surface area contributed by atoms with E-state index in [1.807, 2.05) is 42.5 Å². The summed E-state index contributed by atoms with van der Waals surface area (Å²) < 4.78 is 10.4. The van der Waals surface area contributed by atoms with Crippen LogP contribution < -0.4 is 10.5 Å². The molecule has 0 aliphatic carbocycles. The molecule has 4 heteroatoms. The van der Waals surface area contributed by atoms with Gasteiger partial charge in [0.05, 0.1) is 13.7 Å². The lowest BCUT2D eigenvalue weighted by atomic mass is 10.0. The molecular weight excluding hydrogens is 254 g/mol.